The third kappa shape index (κ3) is 3.15. The maximum Gasteiger partial charge on any atom is 0.120 e. The van der Waals surface area contributed by atoms with Crippen LogP contribution in [0.4, 0.5) is 0 Å². The van der Waals surface area contributed by atoms with Crippen LogP contribution in [0.5, 0.6) is 11.5 Å². The van der Waals surface area contributed by atoms with Crippen LogP contribution < -0.4 is 4.74 Å². The molecule has 167 valence electrons. The van der Waals surface area contributed by atoms with E-state index in [4.69, 9.17) is 9.72 Å². The largest absolute Gasteiger partial charge is 0.492 e. The molecule has 1 aliphatic rings. The summed E-state index contributed by atoms with van der Waals surface area (Å²) < 4.78 is 6.54. The van der Waals surface area contributed by atoms with E-state index in [1.807, 2.05) is 18.3 Å². The third-order valence-electron chi connectivity index (χ3n) is 6.74. The molecule has 1 aromatic heterocycles. The number of aromatic nitrogens is 1. The van der Waals surface area contributed by atoms with Gasteiger partial charge in [0.25, 0.3) is 0 Å². The molecule has 0 saturated heterocycles. The quantitative estimate of drug-likeness (QED) is 0.144. The smallest absolute Gasteiger partial charge is 0.120 e. The van der Waals surface area contributed by atoms with Crippen LogP contribution in [0.1, 0.15) is 19.4 Å². The molecule has 1 aliphatic heterocycles. The summed E-state index contributed by atoms with van der Waals surface area (Å²) in [6.07, 6.45) is 2.99. The molecule has 1 radical (unpaired) electrons. The normalized spacial score (nSPS) is 12.2. The van der Waals surface area contributed by atoms with E-state index in [9.17, 15) is 0 Å². The number of rotatable bonds is 2. The van der Waals surface area contributed by atoms with Crippen LogP contribution in [0.3, 0.4) is 0 Å². The first-order valence-corrected chi connectivity index (χ1v) is 11.6. The molecule has 3 heteroatoms. The molecule has 0 amide bonds. The number of nitrogens with zero attached hydrogens (tertiary/aromatic N) is 1. The molecule has 0 fully saturated rings. The first kappa shape index (κ1) is 21.3. The van der Waals surface area contributed by atoms with Crippen molar-refractivity contribution in [1.29, 1.82) is 0 Å². The van der Waals surface area contributed by atoms with Gasteiger partial charge in [0, 0.05) is 37.4 Å². The number of pyridine rings is 1. The molecular formula is C31H22IrNO-. The molecule has 0 unspecified atom stereocenters. The Morgan fingerprint density at radius 2 is 1.65 bits per heavy atom. The van der Waals surface area contributed by atoms with Crippen molar-refractivity contribution >= 4 is 43.1 Å². The van der Waals surface area contributed by atoms with Gasteiger partial charge in [0.15, 0.2) is 0 Å². The topological polar surface area (TPSA) is 22.1 Å². The first-order chi connectivity index (χ1) is 16.2. The summed E-state index contributed by atoms with van der Waals surface area (Å²) in [5.41, 5.74) is 3.26. The second-order valence-corrected chi connectivity index (χ2v) is 9.47. The van der Waals surface area contributed by atoms with Gasteiger partial charge in [-0.15, -0.1) is 17.5 Å². The van der Waals surface area contributed by atoms with E-state index in [2.05, 4.69) is 80.6 Å². The Morgan fingerprint density at radius 1 is 0.794 bits per heavy atom. The Balaban J connectivity index is 0.00000217. The van der Waals surface area contributed by atoms with Gasteiger partial charge in [0.1, 0.15) is 5.75 Å². The third-order valence-corrected chi connectivity index (χ3v) is 6.74. The average Bonchev–Trinajstić information content (AvgIpc) is 2.83. The van der Waals surface area contributed by atoms with Gasteiger partial charge in [-0.1, -0.05) is 79.4 Å². The predicted octanol–water partition coefficient (Wildman–Crippen LogP) is 8.46. The van der Waals surface area contributed by atoms with Gasteiger partial charge in [-0.2, -0.15) is 0 Å². The Kier molecular flexibility index (Phi) is 4.95. The summed E-state index contributed by atoms with van der Waals surface area (Å²) in [4.78, 5) is 4.79. The SMILES string of the molecule is CC(C)Cc1ccc2ccc3c4ccnc5c4c(cc3c2c1)Oc1cc2ccccc2[c-]c1-5.[Ir]. The Labute approximate surface area is 211 Å². The molecule has 0 bridgehead atoms. The summed E-state index contributed by atoms with van der Waals surface area (Å²) in [6, 6.07) is 29.6. The van der Waals surface area contributed by atoms with Crippen LogP contribution in [0.25, 0.3) is 54.3 Å². The van der Waals surface area contributed by atoms with E-state index >= 15 is 0 Å². The van der Waals surface area contributed by atoms with Gasteiger partial charge >= 0.3 is 0 Å². The van der Waals surface area contributed by atoms with Crippen LogP contribution in [-0.4, -0.2) is 4.98 Å². The van der Waals surface area contributed by atoms with Gasteiger partial charge in [-0.3, -0.25) is 4.98 Å². The fraction of sp³-hybridized carbons (Fsp3) is 0.129. The summed E-state index contributed by atoms with van der Waals surface area (Å²) in [7, 11) is 0. The summed E-state index contributed by atoms with van der Waals surface area (Å²) in [5, 5.41) is 9.44. The molecule has 34 heavy (non-hydrogen) atoms. The molecule has 7 rings (SSSR count). The second-order valence-electron chi connectivity index (χ2n) is 9.47. The Morgan fingerprint density at radius 3 is 2.53 bits per heavy atom. The van der Waals surface area contributed by atoms with E-state index < -0.39 is 0 Å². The zero-order chi connectivity index (χ0) is 22.1. The maximum atomic E-state index is 6.54. The fourth-order valence-corrected chi connectivity index (χ4v) is 5.31. The van der Waals surface area contributed by atoms with Gasteiger partial charge in [0.05, 0.1) is 5.75 Å². The minimum absolute atomic E-state index is 0. The van der Waals surface area contributed by atoms with Crippen molar-refractivity contribution in [2.75, 3.05) is 0 Å². The number of benzene rings is 5. The molecule has 0 spiro atoms. The Hall–Kier alpha value is -3.26. The average molecular weight is 617 g/mol. The number of hydrogen-bond acceptors (Lipinski definition) is 2. The second kappa shape index (κ2) is 7.91. The van der Waals surface area contributed by atoms with E-state index in [0.717, 1.165) is 45.3 Å². The van der Waals surface area contributed by atoms with Crippen LogP contribution in [0.2, 0.25) is 0 Å². The van der Waals surface area contributed by atoms with Gasteiger partial charge < -0.3 is 4.74 Å². The molecular weight excluding hydrogens is 595 g/mol. The number of ether oxygens (including phenoxy) is 1. The van der Waals surface area contributed by atoms with E-state index in [0.29, 0.717) is 5.92 Å². The standard InChI is InChI=1S/C31H22NO.Ir/c1-18(2)13-19-7-8-20-9-10-23-24-11-12-32-31-27-15-21-5-3-4-6-22(21)16-28(27)33-29(30(24)31)17-26(23)25(20)14-19;/h3-12,14,16-18H,13H2,1-2H3;/q-1;. The van der Waals surface area contributed by atoms with Gasteiger partial charge in [0.2, 0.25) is 0 Å². The van der Waals surface area contributed by atoms with Crippen molar-refractivity contribution in [2.45, 2.75) is 20.3 Å². The van der Waals surface area contributed by atoms with Crippen molar-refractivity contribution in [3.8, 4) is 22.8 Å². The van der Waals surface area contributed by atoms with E-state index in [1.165, 1.54) is 32.5 Å². The molecule has 0 aliphatic carbocycles. The van der Waals surface area contributed by atoms with Crippen molar-refractivity contribution in [1.82, 2.24) is 4.98 Å². The monoisotopic (exact) mass is 617 g/mol. The molecule has 0 N–H and O–H groups in total. The van der Waals surface area contributed by atoms with Crippen LogP contribution >= 0.6 is 0 Å². The zero-order valence-electron chi connectivity index (χ0n) is 19.0. The molecule has 0 atom stereocenters. The van der Waals surface area contributed by atoms with E-state index in [-0.39, 0.29) is 20.1 Å². The van der Waals surface area contributed by atoms with Crippen molar-refractivity contribution < 1.29 is 24.8 Å². The fourth-order valence-electron chi connectivity index (χ4n) is 5.31. The van der Waals surface area contributed by atoms with Crippen molar-refractivity contribution in [3.05, 3.63) is 90.6 Å². The number of fused-ring (bicyclic) bond motifs is 7. The maximum absolute atomic E-state index is 6.54. The molecule has 6 aromatic rings. The van der Waals surface area contributed by atoms with Crippen molar-refractivity contribution in [3.63, 3.8) is 0 Å². The zero-order valence-corrected chi connectivity index (χ0v) is 21.4. The number of hydrogen-bond donors (Lipinski definition) is 0. The molecule has 2 heterocycles. The van der Waals surface area contributed by atoms with Crippen LogP contribution in [0.15, 0.2) is 79.0 Å². The Bertz CT molecular complexity index is 1750. The van der Waals surface area contributed by atoms with E-state index in [1.54, 1.807) is 0 Å². The first-order valence-electron chi connectivity index (χ1n) is 11.6. The minimum Gasteiger partial charge on any atom is -0.492 e. The van der Waals surface area contributed by atoms with Crippen LogP contribution in [-0.2, 0) is 26.5 Å². The summed E-state index contributed by atoms with van der Waals surface area (Å²) in [5.74, 6) is 2.32. The molecule has 5 aromatic carbocycles. The van der Waals surface area contributed by atoms with Crippen LogP contribution in [0, 0.1) is 12.0 Å². The predicted molar refractivity (Wildman–Crippen MR) is 137 cm³/mol. The van der Waals surface area contributed by atoms with Gasteiger partial charge in [-0.05, 0) is 57.0 Å². The molecule has 2 nitrogen and oxygen atoms in total. The summed E-state index contributed by atoms with van der Waals surface area (Å²) >= 11 is 0. The summed E-state index contributed by atoms with van der Waals surface area (Å²) in [6.45, 7) is 4.54. The minimum atomic E-state index is 0. The molecule has 0 saturated carbocycles. The van der Waals surface area contributed by atoms with Crippen molar-refractivity contribution in [2.24, 2.45) is 5.92 Å². The van der Waals surface area contributed by atoms with Gasteiger partial charge in [-0.25, -0.2) is 0 Å².